The first-order valence-corrected chi connectivity index (χ1v) is 8.31. The predicted octanol–water partition coefficient (Wildman–Crippen LogP) is 1.81. The van der Waals surface area contributed by atoms with Crippen molar-refractivity contribution >= 4 is 39.2 Å². The monoisotopic (exact) mass is 391 g/mol. The van der Waals surface area contributed by atoms with Gasteiger partial charge in [0, 0.05) is 10.9 Å². The number of carbonyl (C=O) groups excluding carboxylic acids is 2. The zero-order valence-electron chi connectivity index (χ0n) is 13.0. The van der Waals surface area contributed by atoms with E-state index in [0.29, 0.717) is 16.6 Å². The Labute approximate surface area is 146 Å². The van der Waals surface area contributed by atoms with Gasteiger partial charge in [-0.1, -0.05) is 22.5 Å². The van der Waals surface area contributed by atoms with Crippen LogP contribution in [-0.4, -0.2) is 39.2 Å². The highest BCUT2D eigenvalue weighted by Crippen LogP contribution is 2.61. The number of aliphatic hydroxyl groups is 1. The SMILES string of the molecule is [C-]#[N+]c1ncc(N2C(=O)[C@@H]3[C@H](C2=O)C2(C)C[C@H](O)C3(C)O2)cc1Br. The van der Waals surface area contributed by atoms with Gasteiger partial charge in [0.2, 0.25) is 11.8 Å². The lowest BCUT2D eigenvalue weighted by atomic mass is 9.67. The number of pyridine rings is 1. The van der Waals surface area contributed by atoms with Gasteiger partial charge in [0.1, 0.15) is 11.8 Å². The summed E-state index contributed by atoms with van der Waals surface area (Å²) in [6, 6.07) is 1.54. The molecule has 124 valence electrons. The van der Waals surface area contributed by atoms with E-state index in [1.54, 1.807) is 19.9 Å². The molecule has 0 spiro atoms. The largest absolute Gasteiger partial charge is 0.390 e. The highest BCUT2D eigenvalue weighted by atomic mass is 79.9. The first-order chi connectivity index (χ1) is 11.2. The number of ether oxygens (including phenoxy) is 1. The highest BCUT2D eigenvalue weighted by molar-refractivity contribution is 9.10. The lowest BCUT2D eigenvalue weighted by molar-refractivity contribution is -0.132. The van der Waals surface area contributed by atoms with E-state index in [0.717, 1.165) is 4.90 Å². The molecule has 3 aliphatic rings. The van der Waals surface area contributed by atoms with Gasteiger partial charge >= 0.3 is 0 Å². The van der Waals surface area contributed by atoms with Gasteiger partial charge in [0.15, 0.2) is 0 Å². The third-order valence-electron chi connectivity index (χ3n) is 5.47. The van der Waals surface area contributed by atoms with Crippen molar-refractivity contribution in [3.63, 3.8) is 0 Å². The van der Waals surface area contributed by atoms with Gasteiger partial charge < -0.3 is 14.7 Å². The number of aliphatic hydroxyl groups excluding tert-OH is 1. The number of halogens is 1. The Morgan fingerprint density at radius 2 is 2.08 bits per heavy atom. The molecule has 24 heavy (non-hydrogen) atoms. The minimum atomic E-state index is -1.05. The topological polar surface area (TPSA) is 84.1 Å². The lowest BCUT2D eigenvalue weighted by Crippen LogP contribution is -2.49. The molecule has 3 saturated heterocycles. The van der Waals surface area contributed by atoms with Crippen molar-refractivity contribution in [1.82, 2.24) is 4.98 Å². The molecule has 1 aromatic heterocycles. The summed E-state index contributed by atoms with van der Waals surface area (Å²) in [4.78, 5) is 34.2. The van der Waals surface area contributed by atoms with Crippen LogP contribution in [0.4, 0.5) is 11.5 Å². The molecule has 4 heterocycles. The summed E-state index contributed by atoms with van der Waals surface area (Å²) in [5, 5.41) is 10.3. The number of aromatic nitrogens is 1. The fourth-order valence-electron chi connectivity index (χ4n) is 4.40. The number of hydrogen-bond acceptors (Lipinski definition) is 5. The lowest BCUT2D eigenvalue weighted by Gasteiger charge is -2.31. The van der Waals surface area contributed by atoms with Crippen molar-refractivity contribution in [2.45, 2.75) is 37.6 Å². The Bertz CT molecular complexity index is 837. The second-order valence-corrected chi connectivity index (χ2v) is 7.75. The number of fused-ring (bicyclic) bond motifs is 5. The summed E-state index contributed by atoms with van der Waals surface area (Å²) in [5.74, 6) is -1.89. The first-order valence-electron chi connectivity index (χ1n) is 7.52. The number of imide groups is 1. The van der Waals surface area contributed by atoms with E-state index < -0.39 is 29.1 Å². The van der Waals surface area contributed by atoms with Crippen molar-refractivity contribution in [3.05, 3.63) is 28.2 Å². The summed E-state index contributed by atoms with van der Waals surface area (Å²) in [7, 11) is 0. The first kappa shape index (κ1) is 15.7. The third kappa shape index (κ3) is 1.69. The Kier molecular flexibility index (Phi) is 3.02. The molecule has 2 unspecified atom stereocenters. The van der Waals surface area contributed by atoms with E-state index in [9.17, 15) is 14.7 Å². The minimum Gasteiger partial charge on any atom is -0.390 e. The van der Waals surface area contributed by atoms with Gasteiger partial charge in [-0.05, 0) is 19.9 Å². The van der Waals surface area contributed by atoms with Crippen LogP contribution in [0.3, 0.4) is 0 Å². The van der Waals surface area contributed by atoms with Crippen LogP contribution in [0.5, 0.6) is 0 Å². The zero-order chi connectivity index (χ0) is 17.4. The molecule has 0 radical (unpaired) electrons. The van der Waals surface area contributed by atoms with Gasteiger partial charge in [-0.2, -0.15) is 0 Å². The number of anilines is 1. The number of carbonyl (C=O) groups is 2. The summed E-state index contributed by atoms with van der Waals surface area (Å²) < 4.78 is 6.35. The van der Waals surface area contributed by atoms with Crippen LogP contribution in [0.25, 0.3) is 4.85 Å². The van der Waals surface area contributed by atoms with Crippen LogP contribution < -0.4 is 4.90 Å². The highest BCUT2D eigenvalue weighted by Gasteiger charge is 2.75. The number of amides is 2. The molecule has 7 nitrogen and oxygen atoms in total. The van der Waals surface area contributed by atoms with Crippen molar-refractivity contribution in [2.75, 3.05) is 4.90 Å². The van der Waals surface area contributed by atoms with Gasteiger partial charge in [-0.25, -0.2) is 4.90 Å². The maximum Gasteiger partial charge on any atom is 0.283 e. The van der Waals surface area contributed by atoms with Crippen molar-refractivity contribution in [1.29, 1.82) is 0 Å². The molecule has 4 rings (SSSR count). The molecule has 3 fully saturated rings. The summed E-state index contributed by atoms with van der Waals surface area (Å²) in [6.45, 7) is 10.5. The van der Waals surface area contributed by atoms with Gasteiger partial charge in [0.05, 0.1) is 29.2 Å². The van der Waals surface area contributed by atoms with E-state index in [4.69, 9.17) is 11.3 Å². The average molecular weight is 392 g/mol. The molecule has 8 heteroatoms. The van der Waals surface area contributed by atoms with Crippen LogP contribution in [0.1, 0.15) is 20.3 Å². The van der Waals surface area contributed by atoms with Crippen LogP contribution in [0.2, 0.25) is 0 Å². The number of nitrogens with zero attached hydrogens (tertiary/aromatic N) is 3. The third-order valence-corrected chi connectivity index (χ3v) is 6.05. The molecular formula is C16H14BrN3O4. The van der Waals surface area contributed by atoms with Gasteiger partial charge in [0.25, 0.3) is 5.82 Å². The maximum absolute atomic E-state index is 13.0. The minimum absolute atomic E-state index is 0.163. The normalized spacial score (nSPS) is 40.1. The maximum atomic E-state index is 13.0. The van der Waals surface area contributed by atoms with Crippen molar-refractivity contribution in [3.8, 4) is 0 Å². The smallest absolute Gasteiger partial charge is 0.283 e. The molecule has 1 N–H and O–H groups in total. The number of hydrogen-bond donors (Lipinski definition) is 1. The fraction of sp³-hybridized carbons (Fsp3) is 0.500. The molecule has 3 aliphatic heterocycles. The molecule has 2 amide bonds. The molecule has 5 atom stereocenters. The Balaban J connectivity index is 1.79. The van der Waals surface area contributed by atoms with E-state index in [1.165, 1.54) is 6.20 Å². The molecule has 0 saturated carbocycles. The Morgan fingerprint density at radius 3 is 2.71 bits per heavy atom. The standard InChI is InChI=1S/C16H14BrN3O4/c1-15-5-9(21)16(2,24-15)11-10(15)13(22)20(14(11)23)7-4-8(17)12(18-3)19-6-7/h4,6,9-11,21H,5H2,1-2H3/t9-,10+,11-,15?,16?/m0/s1. The molecule has 2 bridgehead atoms. The van der Waals surface area contributed by atoms with E-state index in [-0.39, 0.29) is 17.6 Å². The molecule has 0 aliphatic carbocycles. The van der Waals surface area contributed by atoms with E-state index in [1.807, 2.05) is 0 Å². The van der Waals surface area contributed by atoms with Crippen LogP contribution in [-0.2, 0) is 14.3 Å². The van der Waals surface area contributed by atoms with Gasteiger partial charge in [-0.15, -0.1) is 4.98 Å². The fourth-order valence-corrected chi connectivity index (χ4v) is 4.83. The second kappa shape index (κ2) is 4.63. The van der Waals surface area contributed by atoms with Crippen LogP contribution in [0.15, 0.2) is 16.7 Å². The summed E-state index contributed by atoms with van der Waals surface area (Å²) in [6.07, 6.45) is 0.893. The predicted molar refractivity (Wildman–Crippen MR) is 86.2 cm³/mol. The summed E-state index contributed by atoms with van der Waals surface area (Å²) in [5.41, 5.74) is -1.58. The average Bonchev–Trinajstić information content (AvgIpc) is 3.01. The van der Waals surface area contributed by atoms with E-state index >= 15 is 0 Å². The molecule has 1 aromatic rings. The van der Waals surface area contributed by atoms with Crippen molar-refractivity contribution in [2.24, 2.45) is 11.8 Å². The zero-order valence-corrected chi connectivity index (χ0v) is 14.6. The quantitative estimate of drug-likeness (QED) is 0.582. The van der Waals surface area contributed by atoms with Crippen molar-refractivity contribution < 1.29 is 19.4 Å². The Hall–Kier alpha value is -1.82. The second-order valence-electron chi connectivity index (χ2n) is 6.90. The Morgan fingerprint density at radius 1 is 1.42 bits per heavy atom. The van der Waals surface area contributed by atoms with Crippen LogP contribution in [0, 0.1) is 18.4 Å². The van der Waals surface area contributed by atoms with Crippen LogP contribution >= 0.6 is 15.9 Å². The van der Waals surface area contributed by atoms with Gasteiger partial charge in [-0.3, -0.25) is 9.59 Å². The van der Waals surface area contributed by atoms with E-state index in [2.05, 4.69) is 25.8 Å². The summed E-state index contributed by atoms with van der Waals surface area (Å²) >= 11 is 3.23. The molecule has 0 aromatic carbocycles. The number of rotatable bonds is 1. The molecular weight excluding hydrogens is 378 g/mol.